The molecule has 18 heavy (non-hydrogen) atoms. The van der Waals surface area contributed by atoms with Crippen LogP contribution in [-0.4, -0.2) is 37.2 Å². The second kappa shape index (κ2) is 5.35. The van der Waals surface area contributed by atoms with Crippen LogP contribution < -0.4 is 10.6 Å². The number of likely N-dealkylation sites (N-methyl/N-ethyl adjacent to an activating group) is 1. The van der Waals surface area contributed by atoms with Crippen molar-refractivity contribution in [3.05, 3.63) is 23.4 Å². The zero-order valence-electron chi connectivity index (χ0n) is 10.8. The third-order valence-corrected chi connectivity index (χ3v) is 3.38. The number of nitrogens with zero attached hydrogens (tertiary/aromatic N) is 2. The van der Waals surface area contributed by atoms with E-state index in [2.05, 4.69) is 9.88 Å². The summed E-state index contributed by atoms with van der Waals surface area (Å²) in [6.45, 7) is 3.38. The highest BCUT2D eigenvalue weighted by molar-refractivity contribution is 5.94. The van der Waals surface area contributed by atoms with E-state index in [0.29, 0.717) is 17.3 Å². The van der Waals surface area contributed by atoms with Gasteiger partial charge in [-0.25, -0.2) is 4.98 Å². The van der Waals surface area contributed by atoms with Crippen molar-refractivity contribution in [1.29, 1.82) is 0 Å². The summed E-state index contributed by atoms with van der Waals surface area (Å²) < 4.78 is 5.47. The van der Waals surface area contributed by atoms with Gasteiger partial charge in [-0.2, -0.15) is 0 Å². The average Bonchev–Trinajstić information content (AvgIpc) is 2.38. The number of anilines is 1. The van der Waals surface area contributed by atoms with Gasteiger partial charge in [0.25, 0.3) is 5.91 Å². The molecular weight excluding hydrogens is 230 g/mol. The van der Waals surface area contributed by atoms with Crippen LogP contribution in [-0.2, 0) is 4.74 Å². The predicted molar refractivity (Wildman–Crippen MR) is 69.7 cm³/mol. The first-order chi connectivity index (χ1) is 8.59. The quantitative estimate of drug-likeness (QED) is 0.871. The van der Waals surface area contributed by atoms with Gasteiger partial charge in [-0.15, -0.1) is 0 Å². The Morgan fingerprint density at radius 2 is 2.33 bits per heavy atom. The average molecular weight is 249 g/mol. The monoisotopic (exact) mass is 249 g/mol. The molecule has 1 aliphatic heterocycles. The lowest BCUT2D eigenvalue weighted by Gasteiger charge is -2.32. The fourth-order valence-electron chi connectivity index (χ4n) is 2.22. The van der Waals surface area contributed by atoms with Crippen molar-refractivity contribution in [2.75, 3.05) is 25.2 Å². The van der Waals surface area contributed by atoms with Crippen molar-refractivity contribution in [1.82, 2.24) is 4.98 Å². The van der Waals surface area contributed by atoms with Gasteiger partial charge in [0.15, 0.2) is 0 Å². The fourth-order valence-corrected chi connectivity index (χ4v) is 2.22. The summed E-state index contributed by atoms with van der Waals surface area (Å²) in [5.74, 6) is 0.420. The van der Waals surface area contributed by atoms with Crippen LogP contribution >= 0.6 is 0 Å². The topological polar surface area (TPSA) is 68.5 Å². The number of aromatic nitrogens is 1. The lowest BCUT2D eigenvalue weighted by atomic mass is 10.1. The third-order valence-electron chi connectivity index (χ3n) is 3.38. The standard InChI is InChI=1S/C13H19N3O2/c1-9-11(13(14)17)5-6-12(15-9)16(2)10-4-3-7-18-8-10/h5-6,10H,3-4,7-8H2,1-2H3,(H2,14,17). The van der Waals surface area contributed by atoms with E-state index in [0.717, 1.165) is 31.9 Å². The van der Waals surface area contributed by atoms with Crippen molar-refractivity contribution in [3.8, 4) is 0 Å². The number of hydrogen-bond acceptors (Lipinski definition) is 4. The summed E-state index contributed by atoms with van der Waals surface area (Å²) in [4.78, 5) is 17.7. The minimum absolute atomic E-state index is 0.352. The molecule has 1 fully saturated rings. The molecule has 5 heteroatoms. The maximum absolute atomic E-state index is 11.2. The summed E-state index contributed by atoms with van der Waals surface area (Å²) >= 11 is 0. The van der Waals surface area contributed by atoms with Crippen LogP contribution in [0.4, 0.5) is 5.82 Å². The summed E-state index contributed by atoms with van der Waals surface area (Å²) in [7, 11) is 2.01. The minimum Gasteiger partial charge on any atom is -0.379 e. The van der Waals surface area contributed by atoms with Gasteiger partial charge in [0.05, 0.1) is 23.9 Å². The Balaban J connectivity index is 2.17. The van der Waals surface area contributed by atoms with Crippen LogP contribution in [0.5, 0.6) is 0 Å². The molecule has 1 amide bonds. The fraction of sp³-hybridized carbons (Fsp3) is 0.538. The van der Waals surface area contributed by atoms with Crippen LogP contribution in [0.25, 0.3) is 0 Å². The van der Waals surface area contributed by atoms with Gasteiger partial charge in [-0.1, -0.05) is 0 Å². The highest BCUT2D eigenvalue weighted by Crippen LogP contribution is 2.20. The van der Waals surface area contributed by atoms with E-state index in [-0.39, 0.29) is 0 Å². The maximum atomic E-state index is 11.2. The Bertz CT molecular complexity index is 442. The third kappa shape index (κ3) is 2.61. The van der Waals surface area contributed by atoms with Gasteiger partial charge in [0.2, 0.25) is 0 Å². The molecular formula is C13H19N3O2. The maximum Gasteiger partial charge on any atom is 0.250 e. The van der Waals surface area contributed by atoms with E-state index in [1.807, 2.05) is 13.1 Å². The first-order valence-corrected chi connectivity index (χ1v) is 6.17. The van der Waals surface area contributed by atoms with Crippen molar-refractivity contribution >= 4 is 11.7 Å². The largest absolute Gasteiger partial charge is 0.379 e. The summed E-state index contributed by atoms with van der Waals surface area (Å²) in [6.07, 6.45) is 2.18. The van der Waals surface area contributed by atoms with E-state index >= 15 is 0 Å². The molecule has 0 bridgehead atoms. The van der Waals surface area contributed by atoms with Crippen LogP contribution in [0, 0.1) is 6.92 Å². The van der Waals surface area contributed by atoms with Crippen molar-refractivity contribution in [2.45, 2.75) is 25.8 Å². The van der Waals surface area contributed by atoms with E-state index < -0.39 is 5.91 Å². The Morgan fingerprint density at radius 3 is 2.89 bits per heavy atom. The second-order valence-corrected chi connectivity index (χ2v) is 4.65. The van der Waals surface area contributed by atoms with E-state index in [4.69, 9.17) is 10.5 Å². The van der Waals surface area contributed by atoms with Crippen LogP contribution in [0.15, 0.2) is 12.1 Å². The molecule has 1 aliphatic rings. The number of primary amides is 1. The van der Waals surface area contributed by atoms with Crippen molar-refractivity contribution < 1.29 is 9.53 Å². The Morgan fingerprint density at radius 1 is 1.56 bits per heavy atom. The lowest BCUT2D eigenvalue weighted by molar-refractivity contribution is 0.0805. The lowest BCUT2D eigenvalue weighted by Crippen LogP contribution is -2.39. The smallest absolute Gasteiger partial charge is 0.250 e. The number of pyridine rings is 1. The molecule has 1 saturated heterocycles. The SMILES string of the molecule is Cc1nc(N(C)C2CCCOC2)ccc1C(N)=O. The number of aryl methyl sites for hydroxylation is 1. The number of rotatable bonds is 3. The van der Waals surface area contributed by atoms with Crippen LogP contribution in [0.3, 0.4) is 0 Å². The van der Waals surface area contributed by atoms with Gasteiger partial charge < -0.3 is 15.4 Å². The summed E-state index contributed by atoms with van der Waals surface area (Å²) in [5.41, 5.74) is 6.42. The van der Waals surface area contributed by atoms with Gasteiger partial charge in [-0.05, 0) is 31.9 Å². The summed E-state index contributed by atoms with van der Waals surface area (Å²) in [5, 5.41) is 0. The molecule has 2 heterocycles. The van der Waals surface area contributed by atoms with E-state index in [9.17, 15) is 4.79 Å². The molecule has 1 aromatic heterocycles. The first kappa shape index (κ1) is 12.8. The van der Waals surface area contributed by atoms with Crippen molar-refractivity contribution in [3.63, 3.8) is 0 Å². The molecule has 0 radical (unpaired) electrons. The molecule has 0 saturated carbocycles. The first-order valence-electron chi connectivity index (χ1n) is 6.17. The molecule has 1 aromatic rings. The number of nitrogens with two attached hydrogens (primary N) is 1. The summed E-state index contributed by atoms with van der Waals surface area (Å²) in [6, 6.07) is 3.92. The molecule has 0 aliphatic carbocycles. The molecule has 0 spiro atoms. The van der Waals surface area contributed by atoms with Gasteiger partial charge in [0, 0.05) is 13.7 Å². The zero-order chi connectivity index (χ0) is 13.1. The molecule has 5 nitrogen and oxygen atoms in total. The normalized spacial score (nSPS) is 19.6. The Hall–Kier alpha value is -1.62. The highest BCUT2D eigenvalue weighted by atomic mass is 16.5. The van der Waals surface area contributed by atoms with Crippen molar-refractivity contribution in [2.24, 2.45) is 5.73 Å². The van der Waals surface area contributed by atoms with E-state index in [1.54, 1.807) is 13.0 Å². The van der Waals surface area contributed by atoms with E-state index in [1.165, 1.54) is 0 Å². The molecule has 1 unspecified atom stereocenters. The molecule has 0 aromatic carbocycles. The van der Waals surface area contributed by atoms with Gasteiger partial charge >= 0.3 is 0 Å². The zero-order valence-corrected chi connectivity index (χ0v) is 10.8. The number of ether oxygens (including phenoxy) is 1. The van der Waals surface area contributed by atoms with Gasteiger partial charge in [0.1, 0.15) is 5.82 Å². The van der Waals surface area contributed by atoms with Crippen LogP contribution in [0.1, 0.15) is 28.9 Å². The number of carbonyl (C=O) groups is 1. The molecule has 1 atom stereocenters. The predicted octanol–water partition coefficient (Wildman–Crippen LogP) is 1.10. The van der Waals surface area contributed by atoms with Crippen LogP contribution in [0.2, 0.25) is 0 Å². The number of carbonyl (C=O) groups excluding carboxylic acids is 1. The highest BCUT2D eigenvalue weighted by Gasteiger charge is 2.20. The Kier molecular flexibility index (Phi) is 3.81. The number of hydrogen-bond donors (Lipinski definition) is 1. The second-order valence-electron chi connectivity index (χ2n) is 4.65. The number of amides is 1. The molecule has 2 N–H and O–H groups in total. The molecule has 2 rings (SSSR count). The Labute approximate surface area is 107 Å². The minimum atomic E-state index is -0.435. The molecule has 98 valence electrons. The van der Waals surface area contributed by atoms with Gasteiger partial charge in [-0.3, -0.25) is 4.79 Å².